The van der Waals surface area contributed by atoms with Crippen molar-refractivity contribution >= 4 is 5.69 Å². The van der Waals surface area contributed by atoms with Gasteiger partial charge in [-0.05, 0) is 38.6 Å². The van der Waals surface area contributed by atoms with Crippen molar-refractivity contribution in [2.75, 3.05) is 26.2 Å². The Morgan fingerprint density at radius 3 is 2.86 bits per heavy atom. The van der Waals surface area contributed by atoms with Crippen LogP contribution in [-0.2, 0) is 6.42 Å². The zero-order chi connectivity index (χ0) is 15.0. The standard InChI is InChI=1S/C16H23N3O2/c1-16(2)14-10-17-9-13(14)11-18(16)8-7-12-5-3-4-6-15(12)19(20)21/h3-6,13-14,17H,7-11H2,1-2H3. The van der Waals surface area contributed by atoms with E-state index in [0.717, 1.165) is 44.1 Å². The van der Waals surface area contributed by atoms with Gasteiger partial charge in [0.25, 0.3) is 5.69 Å². The summed E-state index contributed by atoms with van der Waals surface area (Å²) in [6.45, 7) is 8.82. The van der Waals surface area contributed by atoms with Crippen molar-refractivity contribution in [1.82, 2.24) is 10.2 Å². The molecular weight excluding hydrogens is 266 g/mol. The number of nitro benzene ring substituents is 1. The van der Waals surface area contributed by atoms with E-state index in [1.165, 1.54) is 0 Å². The first-order chi connectivity index (χ1) is 10.00. The minimum atomic E-state index is -0.275. The Balaban J connectivity index is 1.70. The minimum Gasteiger partial charge on any atom is -0.316 e. The number of benzene rings is 1. The monoisotopic (exact) mass is 289 g/mol. The first-order valence-corrected chi connectivity index (χ1v) is 7.68. The van der Waals surface area contributed by atoms with Crippen LogP contribution in [0, 0.1) is 22.0 Å². The first-order valence-electron chi connectivity index (χ1n) is 7.68. The second-order valence-electron chi connectivity index (χ2n) is 6.76. The molecule has 0 amide bonds. The van der Waals surface area contributed by atoms with Gasteiger partial charge < -0.3 is 5.32 Å². The van der Waals surface area contributed by atoms with Gasteiger partial charge in [0.15, 0.2) is 0 Å². The molecule has 3 rings (SSSR count). The molecule has 5 nitrogen and oxygen atoms in total. The predicted molar refractivity (Wildman–Crippen MR) is 82.3 cm³/mol. The summed E-state index contributed by atoms with van der Waals surface area (Å²) in [5.41, 5.74) is 1.27. The van der Waals surface area contributed by atoms with Crippen molar-refractivity contribution < 1.29 is 4.92 Å². The molecule has 0 bridgehead atoms. The molecular formula is C16H23N3O2. The molecule has 0 radical (unpaired) electrons. The van der Waals surface area contributed by atoms with Gasteiger partial charge >= 0.3 is 0 Å². The van der Waals surface area contributed by atoms with Crippen LogP contribution in [0.2, 0.25) is 0 Å². The molecule has 2 aliphatic heterocycles. The molecule has 0 aliphatic carbocycles. The van der Waals surface area contributed by atoms with E-state index < -0.39 is 0 Å². The number of nitro groups is 1. The molecule has 0 aromatic heterocycles. The van der Waals surface area contributed by atoms with E-state index >= 15 is 0 Å². The molecule has 2 unspecified atom stereocenters. The fourth-order valence-electron chi connectivity index (χ4n) is 4.04. The van der Waals surface area contributed by atoms with Gasteiger partial charge in [-0.25, -0.2) is 0 Å². The number of fused-ring (bicyclic) bond motifs is 1. The number of para-hydroxylation sites is 1. The van der Waals surface area contributed by atoms with Gasteiger partial charge in [-0.3, -0.25) is 15.0 Å². The Labute approximate surface area is 125 Å². The SMILES string of the molecule is CC1(C)C2CNCC2CN1CCc1ccccc1[N+](=O)[O-]. The van der Waals surface area contributed by atoms with Crippen LogP contribution < -0.4 is 5.32 Å². The third-order valence-electron chi connectivity index (χ3n) is 5.36. The number of nitrogens with one attached hydrogen (secondary N) is 1. The average Bonchev–Trinajstić information content (AvgIpc) is 2.99. The van der Waals surface area contributed by atoms with Crippen molar-refractivity contribution in [3.05, 3.63) is 39.9 Å². The summed E-state index contributed by atoms with van der Waals surface area (Å²) >= 11 is 0. The largest absolute Gasteiger partial charge is 0.316 e. The molecule has 2 saturated heterocycles. The highest BCUT2D eigenvalue weighted by Gasteiger charge is 2.49. The highest BCUT2D eigenvalue weighted by molar-refractivity contribution is 5.39. The lowest BCUT2D eigenvalue weighted by Gasteiger charge is -2.35. The normalized spacial score (nSPS) is 27.7. The zero-order valence-corrected chi connectivity index (χ0v) is 12.7. The number of likely N-dealkylation sites (tertiary alicyclic amines) is 1. The van der Waals surface area contributed by atoms with Crippen molar-refractivity contribution in [1.29, 1.82) is 0 Å². The van der Waals surface area contributed by atoms with Crippen LogP contribution in [0.15, 0.2) is 24.3 Å². The number of rotatable bonds is 4. The van der Waals surface area contributed by atoms with E-state index in [0.29, 0.717) is 5.92 Å². The van der Waals surface area contributed by atoms with Crippen LogP contribution in [0.1, 0.15) is 19.4 Å². The van der Waals surface area contributed by atoms with Gasteiger partial charge in [-0.2, -0.15) is 0 Å². The summed E-state index contributed by atoms with van der Waals surface area (Å²) in [5.74, 6) is 1.43. The van der Waals surface area contributed by atoms with Crippen LogP contribution in [-0.4, -0.2) is 41.5 Å². The fourth-order valence-corrected chi connectivity index (χ4v) is 4.04. The van der Waals surface area contributed by atoms with E-state index in [2.05, 4.69) is 24.1 Å². The van der Waals surface area contributed by atoms with Crippen molar-refractivity contribution in [2.24, 2.45) is 11.8 Å². The maximum absolute atomic E-state index is 11.1. The Hall–Kier alpha value is -1.46. The van der Waals surface area contributed by atoms with Crippen LogP contribution in [0.3, 0.4) is 0 Å². The first kappa shape index (κ1) is 14.5. The molecule has 2 aliphatic rings. The van der Waals surface area contributed by atoms with Gasteiger partial charge in [0.05, 0.1) is 4.92 Å². The molecule has 1 aromatic rings. The predicted octanol–water partition coefficient (Wildman–Crippen LogP) is 2.07. The topological polar surface area (TPSA) is 58.4 Å². The quantitative estimate of drug-likeness (QED) is 0.681. The van der Waals surface area contributed by atoms with E-state index in [1.807, 2.05) is 12.1 Å². The fraction of sp³-hybridized carbons (Fsp3) is 0.625. The molecule has 0 saturated carbocycles. The summed E-state index contributed by atoms with van der Waals surface area (Å²) in [5, 5.41) is 14.6. The zero-order valence-electron chi connectivity index (χ0n) is 12.7. The van der Waals surface area contributed by atoms with Crippen LogP contribution in [0.4, 0.5) is 5.69 Å². The van der Waals surface area contributed by atoms with Gasteiger partial charge in [0.1, 0.15) is 0 Å². The molecule has 114 valence electrons. The molecule has 1 aromatic carbocycles. The summed E-state index contributed by atoms with van der Waals surface area (Å²) in [6.07, 6.45) is 0.744. The van der Waals surface area contributed by atoms with Crippen molar-refractivity contribution in [3.8, 4) is 0 Å². The van der Waals surface area contributed by atoms with E-state index in [1.54, 1.807) is 12.1 Å². The maximum Gasteiger partial charge on any atom is 0.272 e. The molecule has 2 heterocycles. The second-order valence-corrected chi connectivity index (χ2v) is 6.76. The summed E-state index contributed by atoms with van der Waals surface area (Å²) in [4.78, 5) is 13.3. The lowest BCUT2D eigenvalue weighted by Crippen LogP contribution is -2.45. The molecule has 5 heteroatoms. The summed E-state index contributed by atoms with van der Waals surface area (Å²) < 4.78 is 0. The van der Waals surface area contributed by atoms with Gasteiger partial charge in [-0.1, -0.05) is 18.2 Å². The molecule has 21 heavy (non-hydrogen) atoms. The second kappa shape index (κ2) is 5.39. The van der Waals surface area contributed by atoms with E-state index in [9.17, 15) is 10.1 Å². The van der Waals surface area contributed by atoms with Crippen LogP contribution in [0.5, 0.6) is 0 Å². The minimum absolute atomic E-state index is 0.178. The lowest BCUT2D eigenvalue weighted by atomic mass is 9.85. The highest BCUT2D eigenvalue weighted by atomic mass is 16.6. The van der Waals surface area contributed by atoms with Crippen molar-refractivity contribution in [2.45, 2.75) is 25.8 Å². The maximum atomic E-state index is 11.1. The third kappa shape index (κ3) is 2.56. The van der Waals surface area contributed by atoms with E-state index in [-0.39, 0.29) is 16.1 Å². The average molecular weight is 289 g/mol. The number of nitrogens with zero attached hydrogens (tertiary/aromatic N) is 2. The van der Waals surface area contributed by atoms with Gasteiger partial charge in [-0.15, -0.1) is 0 Å². The number of hydrogen-bond acceptors (Lipinski definition) is 4. The van der Waals surface area contributed by atoms with Crippen LogP contribution in [0.25, 0.3) is 0 Å². The Kier molecular flexibility index (Phi) is 3.71. The Bertz CT molecular complexity index is 544. The highest BCUT2D eigenvalue weighted by Crippen LogP contribution is 2.40. The molecule has 2 atom stereocenters. The van der Waals surface area contributed by atoms with E-state index in [4.69, 9.17) is 0 Å². The molecule has 0 spiro atoms. The van der Waals surface area contributed by atoms with Gasteiger partial charge in [0, 0.05) is 36.8 Å². The summed E-state index contributed by atoms with van der Waals surface area (Å²) in [6, 6.07) is 7.10. The smallest absolute Gasteiger partial charge is 0.272 e. The van der Waals surface area contributed by atoms with Crippen molar-refractivity contribution in [3.63, 3.8) is 0 Å². The molecule has 2 fully saturated rings. The Morgan fingerprint density at radius 1 is 1.38 bits per heavy atom. The lowest BCUT2D eigenvalue weighted by molar-refractivity contribution is -0.385. The number of hydrogen-bond donors (Lipinski definition) is 1. The Morgan fingerprint density at radius 2 is 2.14 bits per heavy atom. The van der Waals surface area contributed by atoms with Crippen LogP contribution >= 0.6 is 0 Å². The third-order valence-corrected chi connectivity index (χ3v) is 5.36. The molecule has 1 N–H and O–H groups in total. The summed E-state index contributed by atoms with van der Waals surface area (Å²) in [7, 11) is 0. The van der Waals surface area contributed by atoms with Gasteiger partial charge in [0.2, 0.25) is 0 Å².